The van der Waals surface area contributed by atoms with Crippen molar-refractivity contribution < 1.29 is 14.4 Å². The number of hydrogen-bond donors (Lipinski definition) is 1. The number of carbonyl (C=O) groups excluding carboxylic acids is 3. The summed E-state index contributed by atoms with van der Waals surface area (Å²) in [4.78, 5) is 37.5. The summed E-state index contributed by atoms with van der Waals surface area (Å²) in [5.41, 5.74) is 1.93. The molecule has 3 amide bonds. The van der Waals surface area contributed by atoms with Gasteiger partial charge in [0.15, 0.2) is 0 Å². The molecule has 0 bridgehead atoms. The molecule has 0 radical (unpaired) electrons. The van der Waals surface area contributed by atoms with Gasteiger partial charge in [0.25, 0.3) is 11.8 Å². The van der Waals surface area contributed by atoms with E-state index < -0.39 is 11.8 Å². The monoisotopic (exact) mass is 346 g/mol. The maximum atomic E-state index is 12.3. The van der Waals surface area contributed by atoms with Crippen LogP contribution in [0.2, 0.25) is 5.02 Å². The molecule has 0 saturated heterocycles. The minimum absolute atomic E-state index is 0.257. The molecule has 1 aliphatic heterocycles. The second kappa shape index (κ2) is 7.18. The van der Waals surface area contributed by atoms with E-state index in [0.29, 0.717) is 17.1 Å². The van der Waals surface area contributed by atoms with Gasteiger partial charge < -0.3 is 5.32 Å². The first-order valence-corrected chi connectivity index (χ1v) is 8.54. The molecular formula is C18H19ClN2O3. The predicted octanol–water partition coefficient (Wildman–Crippen LogP) is 2.94. The number of imide groups is 1. The largest absolute Gasteiger partial charge is 0.354 e. The maximum Gasteiger partial charge on any atom is 0.262 e. The van der Waals surface area contributed by atoms with Crippen LogP contribution >= 0.6 is 11.6 Å². The number of benzene rings is 1. The summed E-state index contributed by atoms with van der Waals surface area (Å²) in [6.45, 7) is 0.267. The van der Waals surface area contributed by atoms with E-state index in [2.05, 4.69) is 11.4 Å². The number of nitrogens with one attached hydrogen (secondary N) is 1. The molecule has 24 heavy (non-hydrogen) atoms. The van der Waals surface area contributed by atoms with Gasteiger partial charge in [-0.15, -0.1) is 0 Å². The van der Waals surface area contributed by atoms with Crippen LogP contribution in [0.15, 0.2) is 29.8 Å². The Morgan fingerprint density at radius 3 is 2.71 bits per heavy atom. The minimum Gasteiger partial charge on any atom is -0.354 e. The summed E-state index contributed by atoms with van der Waals surface area (Å²) in [7, 11) is 0. The minimum atomic E-state index is -0.470. The summed E-state index contributed by atoms with van der Waals surface area (Å²) >= 11 is 5.87. The number of nitrogens with zero attached hydrogens (tertiary/aromatic N) is 1. The van der Waals surface area contributed by atoms with Crippen LogP contribution in [0, 0.1) is 0 Å². The second-order valence-electron chi connectivity index (χ2n) is 6.09. The Balaban J connectivity index is 1.54. The van der Waals surface area contributed by atoms with Gasteiger partial charge in [-0.3, -0.25) is 19.3 Å². The van der Waals surface area contributed by atoms with Crippen molar-refractivity contribution in [3.63, 3.8) is 0 Å². The highest BCUT2D eigenvalue weighted by atomic mass is 35.5. The Morgan fingerprint density at radius 2 is 1.96 bits per heavy atom. The van der Waals surface area contributed by atoms with Gasteiger partial charge in [0.2, 0.25) is 5.91 Å². The molecule has 0 unspecified atom stereocenters. The molecule has 1 aromatic rings. The average molecular weight is 347 g/mol. The quantitative estimate of drug-likeness (QED) is 0.658. The molecular weight excluding hydrogens is 328 g/mol. The Hall–Kier alpha value is -2.14. The SMILES string of the molecule is O=C(CN1C(=O)c2ccc(Cl)cc2C1=O)NCCC1=CCCCC1. The molecule has 126 valence electrons. The van der Waals surface area contributed by atoms with Crippen molar-refractivity contribution in [2.45, 2.75) is 32.1 Å². The Bertz CT molecular complexity index is 727. The first-order chi connectivity index (χ1) is 11.6. The van der Waals surface area contributed by atoms with Crippen LogP contribution in [0.1, 0.15) is 52.8 Å². The van der Waals surface area contributed by atoms with Crippen molar-refractivity contribution >= 4 is 29.3 Å². The molecule has 0 spiro atoms. The number of amides is 3. The van der Waals surface area contributed by atoms with Gasteiger partial charge in [-0.2, -0.15) is 0 Å². The summed E-state index contributed by atoms with van der Waals surface area (Å²) in [6, 6.07) is 4.54. The molecule has 1 aliphatic carbocycles. The standard InChI is InChI=1S/C18H19ClN2O3/c19-13-6-7-14-15(10-13)18(24)21(17(14)23)11-16(22)20-9-8-12-4-2-1-3-5-12/h4,6-7,10H,1-3,5,8-9,11H2,(H,20,22). The molecule has 1 heterocycles. The fourth-order valence-corrected chi connectivity index (χ4v) is 3.27. The number of hydrogen-bond acceptors (Lipinski definition) is 3. The van der Waals surface area contributed by atoms with Gasteiger partial charge in [-0.1, -0.05) is 23.3 Å². The maximum absolute atomic E-state index is 12.3. The predicted molar refractivity (Wildman–Crippen MR) is 91.0 cm³/mol. The van der Waals surface area contributed by atoms with E-state index in [-0.39, 0.29) is 18.0 Å². The van der Waals surface area contributed by atoms with Crippen molar-refractivity contribution in [2.75, 3.05) is 13.1 Å². The van der Waals surface area contributed by atoms with Crippen LogP contribution < -0.4 is 5.32 Å². The summed E-state index contributed by atoms with van der Waals surface area (Å²) in [6.07, 6.45) is 7.71. The van der Waals surface area contributed by atoms with Gasteiger partial charge in [0, 0.05) is 11.6 Å². The summed E-state index contributed by atoms with van der Waals surface area (Å²) in [5, 5.41) is 3.17. The Labute approximate surface area is 145 Å². The van der Waals surface area contributed by atoms with Crippen LogP contribution in [0.5, 0.6) is 0 Å². The highest BCUT2D eigenvalue weighted by molar-refractivity contribution is 6.32. The van der Waals surface area contributed by atoms with E-state index >= 15 is 0 Å². The molecule has 5 nitrogen and oxygen atoms in total. The van der Waals surface area contributed by atoms with E-state index in [0.717, 1.165) is 24.2 Å². The van der Waals surface area contributed by atoms with Gasteiger partial charge in [-0.25, -0.2) is 0 Å². The first kappa shape index (κ1) is 16.7. The molecule has 0 atom stereocenters. The lowest BCUT2D eigenvalue weighted by Crippen LogP contribution is -2.40. The highest BCUT2D eigenvalue weighted by Crippen LogP contribution is 2.25. The van der Waals surface area contributed by atoms with Crippen LogP contribution in [-0.2, 0) is 4.79 Å². The zero-order chi connectivity index (χ0) is 17.1. The van der Waals surface area contributed by atoms with Crippen molar-refractivity contribution in [1.82, 2.24) is 10.2 Å². The topological polar surface area (TPSA) is 66.5 Å². The lowest BCUT2D eigenvalue weighted by molar-refractivity contribution is -0.121. The van der Waals surface area contributed by atoms with Gasteiger partial charge >= 0.3 is 0 Å². The van der Waals surface area contributed by atoms with E-state index in [9.17, 15) is 14.4 Å². The summed E-state index contributed by atoms with van der Waals surface area (Å²) in [5.74, 6) is -1.24. The molecule has 2 aliphatic rings. The third-order valence-electron chi connectivity index (χ3n) is 4.39. The average Bonchev–Trinajstić information content (AvgIpc) is 2.80. The fraction of sp³-hybridized carbons (Fsp3) is 0.389. The van der Waals surface area contributed by atoms with Crippen molar-refractivity contribution in [2.24, 2.45) is 0 Å². The lowest BCUT2D eigenvalue weighted by Gasteiger charge is -2.15. The van der Waals surface area contributed by atoms with E-state index in [4.69, 9.17) is 11.6 Å². The molecule has 1 N–H and O–H groups in total. The summed E-state index contributed by atoms with van der Waals surface area (Å²) < 4.78 is 0. The molecule has 0 saturated carbocycles. The van der Waals surface area contributed by atoms with Crippen molar-refractivity contribution in [3.05, 3.63) is 46.0 Å². The number of fused-ring (bicyclic) bond motifs is 1. The Kier molecular flexibility index (Phi) is 5.00. The number of allylic oxidation sites excluding steroid dienone is 1. The zero-order valence-corrected chi connectivity index (χ0v) is 14.1. The normalized spacial score (nSPS) is 16.9. The highest BCUT2D eigenvalue weighted by Gasteiger charge is 2.36. The van der Waals surface area contributed by atoms with Crippen LogP contribution in [-0.4, -0.2) is 35.7 Å². The Morgan fingerprint density at radius 1 is 1.17 bits per heavy atom. The third kappa shape index (κ3) is 3.51. The van der Waals surface area contributed by atoms with E-state index in [1.54, 1.807) is 6.07 Å². The fourth-order valence-electron chi connectivity index (χ4n) is 3.10. The van der Waals surface area contributed by atoms with Crippen molar-refractivity contribution in [1.29, 1.82) is 0 Å². The van der Waals surface area contributed by atoms with Gasteiger partial charge in [-0.05, 0) is 50.3 Å². The first-order valence-electron chi connectivity index (χ1n) is 8.16. The number of halogens is 1. The van der Waals surface area contributed by atoms with Crippen molar-refractivity contribution in [3.8, 4) is 0 Å². The van der Waals surface area contributed by atoms with Gasteiger partial charge in [0.05, 0.1) is 11.1 Å². The van der Waals surface area contributed by atoms with Crippen LogP contribution in [0.4, 0.5) is 0 Å². The number of carbonyl (C=O) groups is 3. The molecule has 0 fully saturated rings. The molecule has 0 aromatic heterocycles. The second-order valence-corrected chi connectivity index (χ2v) is 6.53. The molecule has 1 aromatic carbocycles. The van der Waals surface area contributed by atoms with E-state index in [1.807, 2.05) is 0 Å². The van der Waals surface area contributed by atoms with Crippen LogP contribution in [0.25, 0.3) is 0 Å². The molecule has 3 rings (SSSR count). The van der Waals surface area contributed by atoms with Gasteiger partial charge in [0.1, 0.15) is 6.54 Å². The smallest absolute Gasteiger partial charge is 0.262 e. The van der Waals surface area contributed by atoms with E-state index in [1.165, 1.54) is 30.5 Å². The third-order valence-corrected chi connectivity index (χ3v) is 4.62. The lowest BCUT2D eigenvalue weighted by atomic mass is 9.97. The van der Waals surface area contributed by atoms with Crippen LogP contribution in [0.3, 0.4) is 0 Å². The molecule has 6 heteroatoms. The number of rotatable bonds is 5. The zero-order valence-electron chi connectivity index (χ0n) is 13.3.